The largest absolute Gasteiger partial charge is 0.444 e. The standard InChI is InChI=1S/C22H21ClFN3O5S/c1-22(2,3)32-21(29)26-17-12-33(30,31)19-9-16(24)14(10-25)8-18(19)27(20(17)28)11-13-4-6-15(23)7-5-13/h4-9,17H,11-12H2,1-3H3,(H,26,29)/t17-/m0/s1. The van der Waals surface area contributed by atoms with Crippen LogP contribution in [-0.4, -0.2) is 37.8 Å². The molecule has 0 saturated carbocycles. The number of halogens is 2. The van der Waals surface area contributed by atoms with Crippen molar-refractivity contribution in [3.63, 3.8) is 0 Å². The molecule has 3 rings (SSSR count). The topological polar surface area (TPSA) is 117 Å². The Morgan fingerprint density at radius 3 is 2.52 bits per heavy atom. The zero-order valence-corrected chi connectivity index (χ0v) is 19.6. The average molecular weight is 494 g/mol. The van der Waals surface area contributed by atoms with Gasteiger partial charge in [-0.05, 0) is 50.6 Å². The monoisotopic (exact) mass is 493 g/mol. The highest BCUT2D eigenvalue weighted by atomic mass is 35.5. The highest BCUT2D eigenvalue weighted by Gasteiger charge is 2.40. The number of amides is 2. The van der Waals surface area contributed by atoms with Gasteiger partial charge in [-0.15, -0.1) is 0 Å². The first-order valence-corrected chi connectivity index (χ1v) is 11.9. The van der Waals surface area contributed by atoms with Crippen LogP contribution in [0.5, 0.6) is 0 Å². The number of carbonyl (C=O) groups excluding carboxylic acids is 2. The van der Waals surface area contributed by atoms with Crippen LogP contribution in [0, 0.1) is 17.1 Å². The van der Waals surface area contributed by atoms with E-state index in [2.05, 4.69) is 5.32 Å². The molecule has 0 aromatic heterocycles. The normalized spacial score (nSPS) is 17.5. The molecule has 0 fully saturated rings. The maximum Gasteiger partial charge on any atom is 0.408 e. The van der Waals surface area contributed by atoms with Gasteiger partial charge in [0.1, 0.15) is 23.5 Å². The van der Waals surface area contributed by atoms with Crippen molar-refractivity contribution in [3.8, 4) is 6.07 Å². The fraction of sp³-hybridized carbons (Fsp3) is 0.318. The molecule has 174 valence electrons. The molecule has 11 heteroatoms. The minimum Gasteiger partial charge on any atom is -0.444 e. The lowest BCUT2D eigenvalue weighted by atomic mass is 10.1. The molecule has 1 atom stereocenters. The van der Waals surface area contributed by atoms with Crippen molar-refractivity contribution in [2.75, 3.05) is 10.7 Å². The molecule has 1 aliphatic rings. The van der Waals surface area contributed by atoms with Gasteiger partial charge in [0, 0.05) is 5.02 Å². The van der Waals surface area contributed by atoms with Crippen LogP contribution in [-0.2, 0) is 25.9 Å². The molecule has 0 unspecified atom stereocenters. The molecule has 0 spiro atoms. The van der Waals surface area contributed by atoms with Crippen molar-refractivity contribution >= 4 is 39.1 Å². The van der Waals surface area contributed by atoms with Gasteiger partial charge in [-0.25, -0.2) is 17.6 Å². The van der Waals surface area contributed by atoms with Crippen molar-refractivity contribution in [1.29, 1.82) is 5.26 Å². The van der Waals surface area contributed by atoms with E-state index in [-0.39, 0.29) is 12.2 Å². The number of sulfone groups is 1. The van der Waals surface area contributed by atoms with E-state index in [1.165, 1.54) is 0 Å². The van der Waals surface area contributed by atoms with Crippen LogP contribution in [0.3, 0.4) is 0 Å². The van der Waals surface area contributed by atoms with Crippen molar-refractivity contribution in [1.82, 2.24) is 5.32 Å². The number of benzene rings is 2. The Morgan fingerprint density at radius 1 is 1.30 bits per heavy atom. The van der Waals surface area contributed by atoms with Gasteiger partial charge in [0.15, 0.2) is 9.84 Å². The average Bonchev–Trinajstić information content (AvgIpc) is 2.76. The van der Waals surface area contributed by atoms with Gasteiger partial charge >= 0.3 is 6.09 Å². The third-order valence-corrected chi connectivity index (χ3v) is 6.71. The second kappa shape index (κ2) is 9.00. The predicted octanol–water partition coefficient (Wildman–Crippen LogP) is 3.56. The highest BCUT2D eigenvalue weighted by Crippen LogP contribution is 2.34. The molecule has 1 N–H and O–H groups in total. The number of hydrogen-bond donors (Lipinski definition) is 1. The summed E-state index contributed by atoms with van der Waals surface area (Å²) in [4.78, 5) is 26.4. The summed E-state index contributed by atoms with van der Waals surface area (Å²) in [5.41, 5.74) is -0.859. The van der Waals surface area contributed by atoms with E-state index in [1.807, 2.05) is 0 Å². The fourth-order valence-corrected chi connectivity index (χ4v) is 5.01. The third-order valence-electron chi connectivity index (χ3n) is 4.69. The number of nitrogens with zero attached hydrogens (tertiary/aromatic N) is 2. The van der Waals surface area contributed by atoms with Crippen LogP contribution in [0.2, 0.25) is 5.02 Å². The summed E-state index contributed by atoms with van der Waals surface area (Å²) < 4.78 is 45.7. The van der Waals surface area contributed by atoms with Crippen LogP contribution in [0.15, 0.2) is 41.3 Å². The number of fused-ring (bicyclic) bond motifs is 1. The summed E-state index contributed by atoms with van der Waals surface area (Å²) in [6.45, 7) is 4.74. The first kappa shape index (κ1) is 24.5. The first-order valence-electron chi connectivity index (χ1n) is 9.82. The lowest BCUT2D eigenvalue weighted by molar-refractivity contribution is -0.120. The minimum absolute atomic E-state index is 0.110. The van der Waals surface area contributed by atoms with Gasteiger partial charge in [-0.1, -0.05) is 23.7 Å². The van der Waals surface area contributed by atoms with Crippen LogP contribution < -0.4 is 10.2 Å². The van der Waals surface area contributed by atoms with Crippen molar-refractivity contribution < 1.29 is 27.1 Å². The molecule has 0 bridgehead atoms. The summed E-state index contributed by atoms with van der Waals surface area (Å²) in [6.07, 6.45) is -0.975. The zero-order chi connectivity index (χ0) is 24.6. The molecular formula is C22H21ClFN3O5S. The smallest absolute Gasteiger partial charge is 0.408 e. The van der Waals surface area contributed by atoms with Crippen molar-refractivity contribution in [2.45, 2.75) is 43.9 Å². The van der Waals surface area contributed by atoms with Crippen molar-refractivity contribution in [2.24, 2.45) is 0 Å². The van der Waals surface area contributed by atoms with Crippen molar-refractivity contribution in [3.05, 3.63) is 58.4 Å². The Bertz CT molecular complexity index is 1250. The minimum atomic E-state index is -4.23. The van der Waals surface area contributed by atoms with E-state index >= 15 is 0 Å². The lowest BCUT2D eigenvalue weighted by Gasteiger charge is -2.27. The van der Waals surface area contributed by atoms with Gasteiger partial charge in [0.25, 0.3) is 5.91 Å². The summed E-state index contributed by atoms with van der Waals surface area (Å²) in [5, 5.41) is 12.0. The molecule has 1 aliphatic heterocycles. The Balaban J connectivity index is 2.11. The predicted molar refractivity (Wildman–Crippen MR) is 119 cm³/mol. The Morgan fingerprint density at radius 2 is 1.94 bits per heavy atom. The number of nitriles is 1. The van der Waals surface area contributed by atoms with E-state index in [0.717, 1.165) is 17.0 Å². The summed E-state index contributed by atoms with van der Waals surface area (Å²) in [5.74, 6) is -2.59. The fourth-order valence-electron chi connectivity index (χ4n) is 3.27. The number of nitrogens with one attached hydrogen (secondary N) is 1. The van der Waals surface area contributed by atoms with E-state index in [0.29, 0.717) is 10.6 Å². The SMILES string of the molecule is CC(C)(C)OC(=O)N[C@H]1CS(=O)(=O)c2cc(F)c(C#N)cc2N(Cc2ccc(Cl)cc2)C1=O. The van der Waals surface area contributed by atoms with E-state index < -0.39 is 55.5 Å². The van der Waals surface area contributed by atoms with E-state index in [4.69, 9.17) is 16.3 Å². The second-order valence-electron chi connectivity index (χ2n) is 8.44. The van der Waals surface area contributed by atoms with Crippen LogP contribution in [0.1, 0.15) is 31.9 Å². The Hall–Kier alpha value is -3.16. The maximum atomic E-state index is 14.3. The maximum absolute atomic E-state index is 14.3. The van der Waals surface area contributed by atoms with Gasteiger partial charge < -0.3 is 15.0 Å². The zero-order valence-electron chi connectivity index (χ0n) is 18.1. The molecule has 2 aromatic rings. The van der Waals surface area contributed by atoms with E-state index in [1.54, 1.807) is 51.1 Å². The Labute approximate surface area is 195 Å². The summed E-state index contributed by atoms with van der Waals surface area (Å²) in [7, 11) is -4.23. The quantitative estimate of drug-likeness (QED) is 0.698. The van der Waals surface area contributed by atoms with Gasteiger partial charge in [0.2, 0.25) is 0 Å². The third kappa shape index (κ3) is 5.61. The molecule has 2 amide bonds. The summed E-state index contributed by atoms with van der Waals surface area (Å²) >= 11 is 5.92. The molecule has 0 saturated heterocycles. The molecule has 1 heterocycles. The van der Waals surface area contributed by atoms with E-state index in [9.17, 15) is 27.7 Å². The van der Waals surface area contributed by atoms with Gasteiger partial charge in [-0.2, -0.15) is 5.26 Å². The van der Waals surface area contributed by atoms with Crippen LogP contribution >= 0.6 is 11.6 Å². The molecule has 33 heavy (non-hydrogen) atoms. The molecule has 2 aromatic carbocycles. The number of carbonyl (C=O) groups is 2. The molecular weight excluding hydrogens is 473 g/mol. The first-order chi connectivity index (χ1) is 15.3. The number of hydrogen-bond acceptors (Lipinski definition) is 6. The Kier molecular flexibility index (Phi) is 6.68. The lowest BCUT2D eigenvalue weighted by Crippen LogP contribution is -2.51. The van der Waals surface area contributed by atoms with Crippen LogP contribution in [0.4, 0.5) is 14.9 Å². The number of ether oxygens (including phenoxy) is 1. The van der Waals surface area contributed by atoms with Gasteiger partial charge in [-0.3, -0.25) is 4.79 Å². The highest BCUT2D eigenvalue weighted by molar-refractivity contribution is 7.91. The molecule has 0 aliphatic carbocycles. The number of anilines is 1. The summed E-state index contributed by atoms with van der Waals surface area (Å²) in [6, 6.07) is 8.36. The van der Waals surface area contributed by atoms with Crippen LogP contribution in [0.25, 0.3) is 0 Å². The number of alkyl carbamates (subject to hydrolysis) is 1. The number of rotatable bonds is 3. The molecule has 0 radical (unpaired) electrons. The van der Waals surface area contributed by atoms with Gasteiger partial charge in [0.05, 0.1) is 28.4 Å². The molecule has 8 nitrogen and oxygen atoms in total. The second-order valence-corrected chi connectivity index (χ2v) is 10.9.